The fraction of sp³-hybridized carbons (Fsp3) is 0.235. The van der Waals surface area contributed by atoms with E-state index in [-0.39, 0.29) is 0 Å². The van der Waals surface area contributed by atoms with Gasteiger partial charge in [0.2, 0.25) is 0 Å². The first-order valence-corrected chi connectivity index (χ1v) is 6.83. The van der Waals surface area contributed by atoms with Crippen LogP contribution in [-0.4, -0.2) is 18.0 Å². The molecule has 2 aromatic carbocycles. The molecular weight excluding hydrogens is 234 g/mol. The Morgan fingerprint density at radius 1 is 0.842 bits per heavy atom. The van der Waals surface area contributed by atoms with E-state index in [4.69, 9.17) is 4.74 Å². The van der Waals surface area contributed by atoms with E-state index in [1.54, 1.807) is 0 Å². The zero-order valence-corrected chi connectivity index (χ0v) is 11.0. The second-order valence-corrected chi connectivity index (χ2v) is 4.83. The van der Waals surface area contributed by atoms with Crippen LogP contribution in [0.25, 0.3) is 0 Å². The molecule has 1 fully saturated rings. The zero-order chi connectivity index (χ0) is 12.9. The molecule has 0 atom stereocenters. The molecule has 1 radical (unpaired) electrons. The van der Waals surface area contributed by atoms with E-state index in [9.17, 15) is 0 Å². The summed E-state index contributed by atoms with van der Waals surface area (Å²) in [5.74, 6) is 1.80. The fourth-order valence-corrected chi connectivity index (χ4v) is 2.36. The van der Waals surface area contributed by atoms with Gasteiger partial charge in [-0.3, -0.25) is 4.90 Å². The third-order valence-corrected chi connectivity index (χ3v) is 3.35. The highest BCUT2D eigenvalue weighted by Gasteiger charge is 2.14. The van der Waals surface area contributed by atoms with E-state index in [1.165, 1.54) is 12.8 Å². The van der Waals surface area contributed by atoms with E-state index >= 15 is 0 Å². The third kappa shape index (κ3) is 3.15. The van der Waals surface area contributed by atoms with Gasteiger partial charge in [-0.1, -0.05) is 36.4 Å². The van der Waals surface area contributed by atoms with Crippen molar-refractivity contribution in [2.75, 3.05) is 13.1 Å². The van der Waals surface area contributed by atoms with Crippen LogP contribution in [0.15, 0.2) is 54.6 Å². The van der Waals surface area contributed by atoms with E-state index in [1.807, 2.05) is 42.5 Å². The molecule has 0 unspecified atom stereocenters. The molecule has 0 N–H and O–H groups in total. The van der Waals surface area contributed by atoms with Crippen LogP contribution in [0.5, 0.6) is 11.5 Å². The quantitative estimate of drug-likeness (QED) is 0.812. The Balaban J connectivity index is 1.77. The van der Waals surface area contributed by atoms with Crippen molar-refractivity contribution >= 4 is 0 Å². The van der Waals surface area contributed by atoms with Crippen LogP contribution in [-0.2, 0) is 0 Å². The Labute approximate surface area is 114 Å². The molecule has 19 heavy (non-hydrogen) atoms. The van der Waals surface area contributed by atoms with Crippen molar-refractivity contribution in [3.63, 3.8) is 0 Å². The van der Waals surface area contributed by atoms with Crippen molar-refractivity contribution in [3.05, 3.63) is 66.7 Å². The summed E-state index contributed by atoms with van der Waals surface area (Å²) in [5, 5.41) is 0. The first kappa shape index (κ1) is 12.2. The summed E-state index contributed by atoms with van der Waals surface area (Å²) in [4.78, 5) is 2.37. The van der Waals surface area contributed by atoms with E-state index in [2.05, 4.69) is 23.6 Å². The molecule has 2 aromatic rings. The lowest BCUT2D eigenvalue weighted by Crippen LogP contribution is -2.16. The Morgan fingerprint density at radius 2 is 1.53 bits per heavy atom. The summed E-state index contributed by atoms with van der Waals surface area (Å²) < 4.78 is 5.96. The molecule has 2 heteroatoms. The molecule has 0 bridgehead atoms. The second kappa shape index (κ2) is 5.89. The van der Waals surface area contributed by atoms with Crippen LogP contribution in [0, 0.1) is 6.54 Å². The molecular formula is C17H18NO. The average Bonchev–Trinajstić information content (AvgIpc) is 2.95. The van der Waals surface area contributed by atoms with Gasteiger partial charge in [0.05, 0.1) is 6.54 Å². The number of nitrogens with zero attached hydrogens (tertiary/aromatic N) is 1. The summed E-state index contributed by atoms with van der Waals surface area (Å²) in [5.41, 5.74) is 1.15. The van der Waals surface area contributed by atoms with E-state index < -0.39 is 0 Å². The van der Waals surface area contributed by atoms with Gasteiger partial charge in [0.25, 0.3) is 0 Å². The molecule has 1 saturated heterocycles. The normalized spacial score (nSPS) is 15.6. The molecule has 0 aromatic heterocycles. The molecule has 97 valence electrons. The minimum Gasteiger partial charge on any atom is -0.457 e. The van der Waals surface area contributed by atoms with E-state index in [0.29, 0.717) is 0 Å². The summed E-state index contributed by atoms with van der Waals surface area (Å²) >= 11 is 0. The summed E-state index contributed by atoms with van der Waals surface area (Å²) in [6.45, 7) is 4.52. The lowest BCUT2D eigenvalue weighted by Gasteiger charge is -2.16. The van der Waals surface area contributed by atoms with Crippen LogP contribution < -0.4 is 4.74 Å². The predicted octanol–water partition coefficient (Wildman–Crippen LogP) is 4.08. The molecule has 1 aliphatic rings. The van der Waals surface area contributed by atoms with Gasteiger partial charge in [-0.05, 0) is 44.1 Å². The Bertz CT molecular complexity index is 518. The number of hydrogen-bond donors (Lipinski definition) is 0. The highest BCUT2D eigenvalue weighted by Crippen LogP contribution is 2.27. The predicted molar refractivity (Wildman–Crippen MR) is 77.2 cm³/mol. The largest absolute Gasteiger partial charge is 0.457 e. The Kier molecular flexibility index (Phi) is 3.80. The number of para-hydroxylation sites is 2. The second-order valence-electron chi connectivity index (χ2n) is 4.83. The van der Waals surface area contributed by atoms with Crippen LogP contribution in [0.4, 0.5) is 0 Å². The van der Waals surface area contributed by atoms with Crippen LogP contribution in [0.3, 0.4) is 0 Å². The lowest BCUT2D eigenvalue weighted by molar-refractivity contribution is 0.418. The number of hydrogen-bond acceptors (Lipinski definition) is 2. The fourth-order valence-electron chi connectivity index (χ4n) is 2.36. The summed E-state index contributed by atoms with van der Waals surface area (Å²) in [6.07, 6.45) is 2.58. The maximum Gasteiger partial charge on any atom is 0.132 e. The van der Waals surface area contributed by atoms with Crippen molar-refractivity contribution in [1.29, 1.82) is 0 Å². The number of ether oxygens (including phenoxy) is 1. The molecule has 0 amide bonds. The average molecular weight is 252 g/mol. The number of rotatable bonds is 4. The molecule has 2 nitrogen and oxygen atoms in total. The smallest absolute Gasteiger partial charge is 0.132 e. The van der Waals surface area contributed by atoms with Crippen LogP contribution >= 0.6 is 0 Å². The van der Waals surface area contributed by atoms with Crippen LogP contribution in [0.1, 0.15) is 18.4 Å². The van der Waals surface area contributed by atoms with Crippen molar-refractivity contribution in [2.24, 2.45) is 0 Å². The van der Waals surface area contributed by atoms with Gasteiger partial charge in [0, 0.05) is 5.56 Å². The van der Waals surface area contributed by atoms with Gasteiger partial charge in [-0.15, -0.1) is 0 Å². The molecule has 1 heterocycles. The topological polar surface area (TPSA) is 12.5 Å². The maximum atomic E-state index is 5.96. The van der Waals surface area contributed by atoms with Crippen molar-refractivity contribution in [3.8, 4) is 11.5 Å². The molecule has 0 aliphatic carbocycles. The van der Waals surface area contributed by atoms with Crippen LogP contribution in [0.2, 0.25) is 0 Å². The SMILES string of the molecule is [CH](c1ccccc1Oc1ccccc1)N1CCCC1. The monoisotopic (exact) mass is 252 g/mol. The van der Waals surface area contributed by atoms with Gasteiger partial charge in [-0.2, -0.15) is 0 Å². The Hall–Kier alpha value is -1.80. The van der Waals surface area contributed by atoms with Crippen molar-refractivity contribution in [1.82, 2.24) is 4.90 Å². The highest BCUT2D eigenvalue weighted by atomic mass is 16.5. The summed E-state index contributed by atoms with van der Waals surface area (Å²) in [7, 11) is 0. The number of benzene rings is 2. The Morgan fingerprint density at radius 3 is 2.32 bits per heavy atom. The minimum absolute atomic E-state index is 0.879. The van der Waals surface area contributed by atoms with Gasteiger partial charge in [-0.25, -0.2) is 0 Å². The first-order valence-electron chi connectivity index (χ1n) is 6.83. The first-order chi connectivity index (χ1) is 9.42. The molecule has 3 rings (SSSR count). The van der Waals surface area contributed by atoms with Crippen molar-refractivity contribution < 1.29 is 4.74 Å². The van der Waals surface area contributed by atoms with Gasteiger partial charge < -0.3 is 4.74 Å². The van der Waals surface area contributed by atoms with E-state index in [0.717, 1.165) is 30.2 Å². The third-order valence-electron chi connectivity index (χ3n) is 3.35. The maximum absolute atomic E-state index is 5.96. The van der Waals surface area contributed by atoms with Gasteiger partial charge >= 0.3 is 0 Å². The zero-order valence-electron chi connectivity index (χ0n) is 11.0. The number of likely N-dealkylation sites (tertiary alicyclic amines) is 1. The molecule has 0 saturated carbocycles. The lowest BCUT2D eigenvalue weighted by atomic mass is 10.2. The highest BCUT2D eigenvalue weighted by molar-refractivity contribution is 5.41. The van der Waals surface area contributed by atoms with Gasteiger partial charge in [0.15, 0.2) is 0 Å². The summed E-state index contributed by atoms with van der Waals surface area (Å²) in [6, 6.07) is 18.1. The molecule has 1 aliphatic heterocycles. The van der Waals surface area contributed by atoms with Crippen molar-refractivity contribution in [2.45, 2.75) is 12.8 Å². The minimum atomic E-state index is 0.879. The standard InChI is InChI=1S/C17H18NO/c1-2-9-16(10-3-1)19-17-11-5-4-8-15(17)14-18-12-6-7-13-18/h1-5,8-11,14H,6-7,12-13H2. The molecule has 0 spiro atoms. The van der Waals surface area contributed by atoms with Gasteiger partial charge in [0.1, 0.15) is 11.5 Å².